The second kappa shape index (κ2) is 10.2. The number of thioether (sulfide) groups is 1. The van der Waals surface area contributed by atoms with Crippen LogP contribution in [0, 0.1) is 0 Å². The highest BCUT2D eigenvalue weighted by Crippen LogP contribution is 2.38. The molecule has 1 aromatic carbocycles. The van der Waals surface area contributed by atoms with Crippen LogP contribution in [0.3, 0.4) is 0 Å². The van der Waals surface area contributed by atoms with Crippen molar-refractivity contribution >= 4 is 29.0 Å². The summed E-state index contributed by atoms with van der Waals surface area (Å²) < 4.78 is 5.20. The van der Waals surface area contributed by atoms with Crippen LogP contribution in [0.5, 0.6) is 5.75 Å². The summed E-state index contributed by atoms with van der Waals surface area (Å²) in [5.41, 5.74) is 1.89. The molecule has 0 saturated carbocycles. The number of aromatic amines is 1. The molecule has 7 nitrogen and oxygen atoms in total. The Labute approximate surface area is 188 Å². The van der Waals surface area contributed by atoms with Crippen molar-refractivity contribution < 1.29 is 9.53 Å². The Hall–Kier alpha value is -3.17. The Balaban J connectivity index is 1.42. The molecule has 1 unspecified atom stereocenters. The highest BCUT2D eigenvalue weighted by Gasteiger charge is 2.21. The first-order valence-electron chi connectivity index (χ1n) is 9.64. The fraction of sp³-hybridized carbons (Fsp3) is 0.182. The Kier molecular flexibility index (Phi) is 6.96. The van der Waals surface area contributed by atoms with E-state index in [0.29, 0.717) is 23.9 Å². The summed E-state index contributed by atoms with van der Waals surface area (Å²) in [5, 5.41) is 12.8. The van der Waals surface area contributed by atoms with E-state index >= 15 is 0 Å². The first-order chi connectivity index (χ1) is 15.2. The maximum Gasteiger partial charge on any atom is 0.221 e. The van der Waals surface area contributed by atoms with Crippen LogP contribution >= 0.6 is 23.1 Å². The number of pyridine rings is 1. The number of amides is 1. The smallest absolute Gasteiger partial charge is 0.221 e. The largest absolute Gasteiger partial charge is 0.497 e. The number of nitrogens with one attached hydrogen (secondary N) is 2. The summed E-state index contributed by atoms with van der Waals surface area (Å²) in [7, 11) is 1.63. The highest BCUT2D eigenvalue weighted by molar-refractivity contribution is 7.99. The molecule has 1 atom stereocenters. The van der Waals surface area contributed by atoms with Crippen LogP contribution in [0.4, 0.5) is 0 Å². The lowest BCUT2D eigenvalue weighted by Crippen LogP contribution is -2.24. The van der Waals surface area contributed by atoms with Gasteiger partial charge in [0.2, 0.25) is 11.1 Å². The van der Waals surface area contributed by atoms with E-state index in [4.69, 9.17) is 4.74 Å². The second-order valence-corrected chi connectivity index (χ2v) is 8.81. The van der Waals surface area contributed by atoms with Crippen molar-refractivity contribution in [3.05, 3.63) is 76.7 Å². The lowest BCUT2D eigenvalue weighted by atomic mass is 10.2. The molecule has 0 radical (unpaired) electrons. The molecular weight excluding hydrogens is 430 g/mol. The Bertz CT molecular complexity index is 1100. The molecule has 0 saturated heterocycles. The van der Waals surface area contributed by atoms with Gasteiger partial charge in [-0.15, -0.1) is 16.4 Å². The van der Waals surface area contributed by atoms with Crippen LogP contribution in [0.1, 0.15) is 22.1 Å². The van der Waals surface area contributed by atoms with Gasteiger partial charge in [-0.1, -0.05) is 23.9 Å². The molecular formula is C22H21N5O2S2. The predicted molar refractivity (Wildman–Crippen MR) is 122 cm³/mol. The minimum Gasteiger partial charge on any atom is -0.497 e. The Morgan fingerprint density at radius 1 is 1.23 bits per heavy atom. The lowest BCUT2D eigenvalue weighted by molar-refractivity contribution is -0.121. The van der Waals surface area contributed by atoms with Gasteiger partial charge in [-0.25, -0.2) is 4.98 Å². The number of thiophene rings is 1. The standard InChI is InChI=1S/C22H21N5O2S2/c1-29-17-8-6-16(7-9-17)21-25-22(27-26-21)31-19(18-5-3-11-30-18)12-20(28)24-14-15-4-2-10-23-13-15/h2-11,13,19H,12,14H2,1H3,(H,24,28)(H,25,26,27). The maximum atomic E-state index is 12.6. The van der Waals surface area contributed by atoms with Crippen molar-refractivity contribution in [1.29, 1.82) is 0 Å². The molecule has 0 aliphatic carbocycles. The fourth-order valence-electron chi connectivity index (χ4n) is 2.92. The zero-order valence-electron chi connectivity index (χ0n) is 16.8. The topological polar surface area (TPSA) is 92.8 Å². The Morgan fingerprint density at radius 2 is 2.10 bits per heavy atom. The van der Waals surface area contributed by atoms with Gasteiger partial charge < -0.3 is 10.1 Å². The van der Waals surface area contributed by atoms with Gasteiger partial charge in [-0.2, -0.15) is 0 Å². The molecule has 2 N–H and O–H groups in total. The van der Waals surface area contributed by atoms with Gasteiger partial charge >= 0.3 is 0 Å². The number of aromatic nitrogens is 4. The molecule has 0 fully saturated rings. The zero-order chi connectivity index (χ0) is 21.5. The van der Waals surface area contributed by atoms with Crippen LogP contribution < -0.4 is 10.1 Å². The van der Waals surface area contributed by atoms with Crippen molar-refractivity contribution in [2.75, 3.05) is 7.11 Å². The van der Waals surface area contributed by atoms with Crippen LogP contribution in [0.25, 0.3) is 11.4 Å². The molecule has 9 heteroatoms. The fourth-order valence-corrected chi connectivity index (χ4v) is 4.87. The first-order valence-corrected chi connectivity index (χ1v) is 11.4. The summed E-state index contributed by atoms with van der Waals surface area (Å²) in [6.45, 7) is 0.455. The number of H-pyrrole nitrogens is 1. The normalized spacial score (nSPS) is 11.8. The molecule has 0 spiro atoms. The van der Waals surface area contributed by atoms with E-state index in [0.717, 1.165) is 21.8 Å². The number of ether oxygens (including phenoxy) is 1. The molecule has 4 aromatic rings. The van der Waals surface area contributed by atoms with Gasteiger partial charge in [0.1, 0.15) is 5.75 Å². The van der Waals surface area contributed by atoms with Gasteiger partial charge in [0.15, 0.2) is 5.82 Å². The molecule has 0 bridgehead atoms. The number of methoxy groups -OCH3 is 1. The van der Waals surface area contributed by atoms with Crippen molar-refractivity contribution in [3.8, 4) is 17.1 Å². The van der Waals surface area contributed by atoms with Crippen molar-refractivity contribution in [2.45, 2.75) is 23.4 Å². The van der Waals surface area contributed by atoms with Crippen LogP contribution in [0.15, 0.2) is 71.5 Å². The van der Waals surface area contributed by atoms with Gasteiger partial charge in [0.05, 0.1) is 12.4 Å². The molecule has 4 rings (SSSR count). The van der Waals surface area contributed by atoms with Gasteiger partial charge in [0.25, 0.3) is 0 Å². The predicted octanol–water partition coefficient (Wildman–Crippen LogP) is 4.48. The first kappa shape index (κ1) is 21.1. The van der Waals surface area contributed by atoms with E-state index in [-0.39, 0.29) is 11.2 Å². The van der Waals surface area contributed by atoms with E-state index in [1.807, 2.05) is 53.9 Å². The molecule has 3 aromatic heterocycles. The van der Waals surface area contributed by atoms with E-state index in [9.17, 15) is 4.79 Å². The zero-order valence-corrected chi connectivity index (χ0v) is 18.5. The summed E-state index contributed by atoms with van der Waals surface area (Å²) in [6.07, 6.45) is 3.80. The van der Waals surface area contributed by atoms with E-state index in [2.05, 4.69) is 25.5 Å². The Morgan fingerprint density at radius 3 is 2.81 bits per heavy atom. The number of hydrogen-bond acceptors (Lipinski definition) is 7. The summed E-state index contributed by atoms with van der Waals surface area (Å²) in [4.78, 5) is 22.4. The summed E-state index contributed by atoms with van der Waals surface area (Å²) >= 11 is 3.10. The minimum absolute atomic E-state index is 0.0272. The number of hydrogen-bond donors (Lipinski definition) is 2. The molecule has 158 valence electrons. The number of benzene rings is 1. The maximum absolute atomic E-state index is 12.6. The lowest BCUT2D eigenvalue weighted by Gasteiger charge is -2.13. The average Bonchev–Trinajstić information content (AvgIpc) is 3.51. The van der Waals surface area contributed by atoms with Crippen LogP contribution in [-0.2, 0) is 11.3 Å². The third-order valence-electron chi connectivity index (χ3n) is 4.52. The van der Waals surface area contributed by atoms with Gasteiger partial charge in [-0.05, 0) is 47.3 Å². The number of carbonyl (C=O) groups excluding carboxylic acids is 1. The van der Waals surface area contributed by atoms with Crippen molar-refractivity contribution in [1.82, 2.24) is 25.5 Å². The van der Waals surface area contributed by atoms with E-state index in [1.54, 1.807) is 30.8 Å². The molecule has 31 heavy (non-hydrogen) atoms. The number of nitrogens with zero attached hydrogens (tertiary/aromatic N) is 3. The summed E-state index contributed by atoms with van der Waals surface area (Å²) in [6, 6.07) is 15.4. The number of carbonyl (C=O) groups is 1. The second-order valence-electron chi connectivity index (χ2n) is 6.66. The van der Waals surface area contributed by atoms with E-state index < -0.39 is 0 Å². The number of rotatable bonds is 9. The third kappa shape index (κ3) is 5.71. The molecule has 0 aliphatic rings. The summed E-state index contributed by atoms with van der Waals surface area (Å²) in [5.74, 6) is 1.43. The molecule has 0 aliphatic heterocycles. The van der Waals surface area contributed by atoms with Crippen molar-refractivity contribution in [3.63, 3.8) is 0 Å². The van der Waals surface area contributed by atoms with Gasteiger partial charge in [0, 0.05) is 35.8 Å². The van der Waals surface area contributed by atoms with Crippen LogP contribution in [0.2, 0.25) is 0 Å². The molecule has 3 heterocycles. The monoisotopic (exact) mass is 451 g/mol. The van der Waals surface area contributed by atoms with Crippen LogP contribution in [-0.4, -0.2) is 33.2 Å². The third-order valence-corrected chi connectivity index (χ3v) is 6.75. The van der Waals surface area contributed by atoms with Gasteiger partial charge in [-0.3, -0.25) is 14.9 Å². The quantitative estimate of drug-likeness (QED) is 0.365. The average molecular weight is 452 g/mol. The highest BCUT2D eigenvalue weighted by atomic mass is 32.2. The SMILES string of the molecule is COc1ccc(-c2nc(SC(CC(=O)NCc3cccnc3)c3cccs3)n[nH]2)cc1. The molecule has 1 amide bonds. The minimum atomic E-state index is -0.0755. The van der Waals surface area contributed by atoms with Crippen molar-refractivity contribution in [2.24, 2.45) is 0 Å². The van der Waals surface area contributed by atoms with E-state index in [1.165, 1.54) is 11.8 Å².